The Bertz CT molecular complexity index is 1160. The molecular formula is C22H28N2O7S. The summed E-state index contributed by atoms with van der Waals surface area (Å²) in [5.41, 5.74) is 1.84. The first kappa shape index (κ1) is 25.3. The van der Waals surface area contributed by atoms with Gasteiger partial charge in [-0.25, -0.2) is 22.3 Å². The summed E-state index contributed by atoms with van der Waals surface area (Å²) in [6, 6.07) is 4.13. The highest BCUT2D eigenvalue weighted by molar-refractivity contribution is 7.89. The molecule has 9 nitrogen and oxygen atoms in total. The molecule has 0 radical (unpaired) electrons. The minimum Gasteiger partial charge on any atom is -0.462 e. The predicted octanol–water partition coefficient (Wildman–Crippen LogP) is 2.80. The highest BCUT2D eigenvalue weighted by Gasteiger charge is 2.28. The summed E-state index contributed by atoms with van der Waals surface area (Å²) in [6.07, 6.45) is -1.18. The van der Waals surface area contributed by atoms with Crippen molar-refractivity contribution in [3.05, 3.63) is 51.8 Å². The summed E-state index contributed by atoms with van der Waals surface area (Å²) in [4.78, 5) is 40.6. The number of carbonyl (C=O) groups is 3. The van der Waals surface area contributed by atoms with E-state index in [1.54, 1.807) is 27.7 Å². The van der Waals surface area contributed by atoms with Crippen LogP contribution in [-0.4, -0.2) is 62.2 Å². The van der Waals surface area contributed by atoms with Crippen LogP contribution in [0.1, 0.15) is 61.9 Å². The Kier molecular flexibility index (Phi) is 7.63. The maximum absolute atomic E-state index is 12.9. The van der Waals surface area contributed by atoms with Crippen LogP contribution in [0, 0.1) is 20.8 Å². The number of nitrogens with one attached hydrogen (secondary N) is 1. The van der Waals surface area contributed by atoms with E-state index in [9.17, 15) is 22.8 Å². The Morgan fingerprint density at radius 2 is 1.72 bits per heavy atom. The van der Waals surface area contributed by atoms with E-state index in [1.807, 2.05) is 0 Å². The largest absolute Gasteiger partial charge is 0.462 e. The van der Waals surface area contributed by atoms with Crippen LogP contribution in [0.25, 0.3) is 0 Å². The van der Waals surface area contributed by atoms with E-state index in [-0.39, 0.29) is 28.3 Å². The minimum absolute atomic E-state index is 0.0409. The number of nitrogens with zero attached hydrogens (tertiary/aromatic N) is 1. The number of H-pyrrole nitrogens is 1. The lowest BCUT2D eigenvalue weighted by molar-refractivity contribution is 0.0315. The number of rotatable bonds is 8. The Morgan fingerprint density at radius 1 is 1.09 bits per heavy atom. The van der Waals surface area contributed by atoms with E-state index >= 15 is 0 Å². The van der Waals surface area contributed by atoms with Gasteiger partial charge in [0.05, 0.1) is 28.3 Å². The number of aryl methyl sites for hydroxylation is 2. The highest BCUT2D eigenvalue weighted by Crippen LogP contribution is 2.23. The van der Waals surface area contributed by atoms with Crippen LogP contribution in [0.5, 0.6) is 0 Å². The molecule has 0 bridgehead atoms. The molecule has 0 amide bonds. The number of aromatic nitrogens is 1. The van der Waals surface area contributed by atoms with Crippen molar-refractivity contribution in [2.75, 3.05) is 20.7 Å². The van der Waals surface area contributed by atoms with Gasteiger partial charge in [-0.15, -0.1) is 0 Å². The summed E-state index contributed by atoms with van der Waals surface area (Å²) in [5.74, 6) is -1.90. The SMILES string of the molecule is CCOC(=O)c1c(C)[nH]c(C(=O)C(C)OC(=O)c2cc(S(=O)(=O)N(C)C)ccc2C)c1C. The van der Waals surface area contributed by atoms with Gasteiger partial charge in [0.1, 0.15) is 0 Å². The first-order valence-corrected chi connectivity index (χ1v) is 11.4. The third kappa shape index (κ3) is 4.91. The number of Topliss-reactive ketones (excluding diaryl/α,β-unsaturated/α-hetero) is 1. The molecule has 174 valence electrons. The van der Waals surface area contributed by atoms with Gasteiger partial charge in [0.2, 0.25) is 15.8 Å². The number of esters is 2. The molecular weight excluding hydrogens is 436 g/mol. The van der Waals surface area contributed by atoms with Crippen molar-refractivity contribution in [2.24, 2.45) is 0 Å². The number of hydrogen-bond acceptors (Lipinski definition) is 7. The van der Waals surface area contributed by atoms with Gasteiger partial charge in [-0.05, 0) is 57.9 Å². The zero-order chi connectivity index (χ0) is 24.4. The van der Waals surface area contributed by atoms with Crippen molar-refractivity contribution in [2.45, 2.75) is 45.6 Å². The summed E-state index contributed by atoms with van der Waals surface area (Å²) in [5, 5.41) is 0. The maximum atomic E-state index is 12.9. The van der Waals surface area contributed by atoms with Gasteiger partial charge in [-0.2, -0.15) is 0 Å². The van der Waals surface area contributed by atoms with E-state index in [4.69, 9.17) is 9.47 Å². The van der Waals surface area contributed by atoms with Crippen molar-refractivity contribution in [3.8, 4) is 0 Å². The van der Waals surface area contributed by atoms with Gasteiger partial charge in [0, 0.05) is 19.8 Å². The molecule has 1 aromatic carbocycles. The first-order chi connectivity index (χ1) is 14.8. The molecule has 0 aliphatic rings. The molecule has 1 heterocycles. The van der Waals surface area contributed by atoms with Crippen molar-refractivity contribution in [1.82, 2.24) is 9.29 Å². The molecule has 0 saturated carbocycles. The van der Waals surface area contributed by atoms with Gasteiger partial charge >= 0.3 is 11.9 Å². The molecule has 2 aromatic rings. The first-order valence-electron chi connectivity index (χ1n) is 9.97. The quantitative estimate of drug-likeness (QED) is 0.471. The topological polar surface area (TPSA) is 123 Å². The number of ketones is 1. The molecule has 0 saturated heterocycles. The second-order valence-corrected chi connectivity index (χ2v) is 9.67. The fourth-order valence-corrected chi connectivity index (χ4v) is 4.11. The number of sulfonamides is 1. The second-order valence-electron chi connectivity index (χ2n) is 7.52. The van der Waals surface area contributed by atoms with Gasteiger partial charge in [0.15, 0.2) is 6.10 Å². The number of carbonyl (C=O) groups excluding carboxylic acids is 3. The monoisotopic (exact) mass is 464 g/mol. The fraction of sp³-hybridized carbons (Fsp3) is 0.409. The summed E-state index contributed by atoms with van der Waals surface area (Å²) in [7, 11) is -0.972. The standard InChI is InChI=1S/C22H28N2O7S/c1-8-30-22(27)18-13(3)19(23-14(18)4)20(25)15(5)31-21(26)17-11-16(10-9-12(17)2)32(28,29)24(6)7/h9-11,15,23H,8H2,1-7H3. The molecule has 1 atom stereocenters. The molecule has 2 rings (SSSR count). The van der Waals surface area contributed by atoms with Crippen molar-refractivity contribution >= 4 is 27.7 Å². The van der Waals surface area contributed by atoms with Crippen LogP contribution in [0.4, 0.5) is 0 Å². The number of benzene rings is 1. The van der Waals surface area contributed by atoms with E-state index < -0.39 is 33.8 Å². The average Bonchev–Trinajstić information content (AvgIpc) is 3.01. The van der Waals surface area contributed by atoms with Crippen LogP contribution in [-0.2, 0) is 19.5 Å². The van der Waals surface area contributed by atoms with E-state index in [0.717, 1.165) is 4.31 Å². The summed E-state index contributed by atoms with van der Waals surface area (Å²) >= 11 is 0. The zero-order valence-corrected chi connectivity index (χ0v) is 20.0. The highest BCUT2D eigenvalue weighted by atomic mass is 32.2. The lowest BCUT2D eigenvalue weighted by Gasteiger charge is -2.15. The zero-order valence-electron chi connectivity index (χ0n) is 19.2. The Hall–Kier alpha value is -2.98. The molecule has 0 aliphatic carbocycles. The van der Waals surface area contributed by atoms with Gasteiger partial charge < -0.3 is 14.5 Å². The van der Waals surface area contributed by atoms with E-state index in [0.29, 0.717) is 16.8 Å². The van der Waals surface area contributed by atoms with Crippen LogP contribution in [0.3, 0.4) is 0 Å². The molecule has 1 unspecified atom stereocenters. The van der Waals surface area contributed by atoms with Crippen LogP contribution >= 0.6 is 0 Å². The molecule has 32 heavy (non-hydrogen) atoms. The van der Waals surface area contributed by atoms with Crippen LogP contribution in [0.15, 0.2) is 23.1 Å². The van der Waals surface area contributed by atoms with Crippen molar-refractivity contribution in [1.29, 1.82) is 0 Å². The molecule has 1 aromatic heterocycles. The third-order valence-corrected chi connectivity index (χ3v) is 6.84. The maximum Gasteiger partial charge on any atom is 0.340 e. The Labute approximate surface area is 187 Å². The number of ether oxygens (including phenoxy) is 2. The molecule has 0 aliphatic heterocycles. The normalized spacial score (nSPS) is 12.5. The predicted molar refractivity (Wildman–Crippen MR) is 117 cm³/mol. The fourth-order valence-electron chi connectivity index (χ4n) is 3.18. The molecule has 1 N–H and O–H groups in total. The van der Waals surface area contributed by atoms with Gasteiger partial charge in [0.25, 0.3) is 0 Å². The second kappa shape index (κ2) is 9.66. The number of hydrogen-bond donors (Lipinski definition) is 1. The molecule has 0 spiro atoms. The van der Waals surface area contributed by atoms with Crippen LogP contribution in [0.2, 0.25) is 0 Å². The van der Waals surface area contributed by atoms with Gasteiger partial charge in [-0.1, -0.05) is 6.07 Å². The lowest BCUT2D eigenvalue weighted by Crippen LogP contribution is -2.26. The van der Waals surface area contributed by atoms with Gasteiger partial charge in [-0.3, -0.25) is 4.79 Å². The van der Waals surface area contributed by atoms with E-state index in [2.05, 4.69) is 4.98 Å². The smallest absolute Gasteiger partial charge is 0.340 e. The molecule has 10 heteroatoms. The minimum atomic E-state index is -3.75. The Balaban J connectivity index is 2.30. The summed E-state index contributed by atoms with van der Waals surface area (Å²) < 4.78 is 36.2. The third-order valence-electron chi connectivity index (χ3n) is 5.02. The summed E-state index contributed by atoms with van der Waals surface area (Å²) in [6.45, 7) is 8.19. The lowest BCUT2D eigenvalue weighted by atomic mass is 10.1. The molecule has 0 fully saturated rings. The van der Waals surface area contributed by atoms with E-state index in [1.165, 1.54) is 39.2 Å². The average molecular weight is 465 g/mol. The number of aromatic amines is 1. The van der Waals surface area contributed by atoms with Crippen LogP contribution < -0.4 is 0 Å². The Morgan fingerprint density at radius 3 is 2.28 bits per heavy atom. The van der Waals surface area contributed by atoms with Crippen molar-refractivity contribution < 1.29 is 32.3 Å². The van der Waals surface area contributed by atoms with Crippen molar-refractivity contribution in [3.63, 3.8) is 0 Å².